The third-order valence-corrected chi connectivity index (χ3v) is 3.52. The molecule has 4 heteroatoms. The summed E-state index contributed by atoms with van der Waals surface area (Å²) in [4.78, 5) is 13.9. The van der Waals surface area contributed by atoms with Crippen molar-refractivity contribution in [3.63, 3.8) is 0 Å². The molecule has 2 atom stereocenters. The number of β-amino-alcohol motifs (C(OH)–C–C–N with tert-alkyl or cyclic N) is 2. The molecule has 2 N–H and O–H groups in total. The maximum absolute atomic E-state index is 12.1. The number of nitrogens with zero attached hydrogens (tertiary/aromatic N) is 1. The van der Waals surface area contributed by atoms with Crippen molar-refractivity contribution in [1.82, 2.24) is 4.90 Å². The van der Waals surface area contributed by atoms with Crippen LogP contribution < -0.4 is 0 Å². The zero-order chi connectivity index (χ0) is 13.8. The molecule has 1 heterocycles. The van der Waals surface area contributed by atoms with Crippen LogP contribution in [0.2, 0.25) is 0 Å². The molecule has 1 aliphatic rings. The van der Waals surface area contributed by atoms with Crippen molar-refractivity contribution < 1.29 is 15.0 Å². The van der Waals surface area contributed by atoms with Gasteiger partial charge >= 0.3 is 0 Å². The van der Waals surface area contributed by atoms with Crippen LogP contribution in [0.4, 0.5) is 0 Å². The summed E-state index contributed by atoms with van der Waals surface area (Å²) in [5.41, 5.74) is 1.93. The molecule has 1 saturated heterocycles. The van der Waals surface area contributed by atoms with Crippen molar-refractivity contribution in [1.29, 1.82) is 0 Å². The highest BCUT2D eigenvalue weighted by Crippen LogP contribution is 2.12. The number of Topliss-reactive ketones (excluding diaryl/α,β-unsaturated/α-hetero) is 1. The fraction of sp³-hybridized carbons (Fsp3) is 0.533. The van der Waals surface area contributed by atoms with Crippen molar-refractivity contribution in [2.45, 2.75) is 32.0 Å². The lowest BCUT2D eigenvalue weighted by molar-refractivity contribution is 0.0572. The SMILES string of the molecule is CCCc1ccc(C(=O)CN2CC(O)C(O)C2)cc1. The van der Waals surface area contributed by atoms with E-state index in [4.69, 9.17) is 0 Å². The average Bonchev–Trinajstić information content (AvgIpc) is 2.69. The van der Waals surface area contributed by atoms with Crippen molar-refractivity contribution in [2.75, 3.05) is 19.6 Å². The average molecular weight is 263 g/mol. The Kier molecular flexibility index (Phi) is 4.69. The van der Waals surface area contributed by atoms with Gasteiger partial charge in [0.05, 0.1) is 18.8 Å². The van der Waals surface area contributed by atoms with E-state index in [0.29, 0.717) is 18.7 Å². The number of hydrogen-bond donors (Lipinski definition) is 2. The van der Waals surface area contributed by atoms with Crippen molar-refractivity contribution >= 4 is 5.78 Å². The first-order valence-corrected chi connectivity index (χ1v) is 6.80. The summed E-state index contributed by atoms with van der Waals surface area (Å²) < 4.78 is 0. The second-order valence-electron chi connectivity index (χ2n) is 5.20. The van der Waals surface area contributed by atoms with E-state index in [2.05, 4.69) is 6.92 Å². The molecule has 0 aromatic heterocycles. The van der Waals surface area contributed by atoms with Crippen LogP contribution in [0.15, 0.2) is 24.3 Å². The Morgan fingerprint density at radius 1 is 1.21 bits per heavy atom. The van der Waals surface area contributed by atoms with E-state index in [1.54, 1.807) is 4.90 Å². The molecule has 0 saturated carbocycles. The van der Waals surface area contributed by atoms with Crippen LogP contribution in [0.3, 0.4) is 0 Å². The monoisotopic (exact) mass is 263 g/mol. The summed E-state index contributed by atoms with van der Waals surface area (Å²) in [7, 11) is 0. The minimum Gasteiger partial charge on any atom is -0.389 e. The van der Waals surface area contributed by atoms with Gasteiger partial charge in [0, 0.05) is 18.7 Å². The minimum absolute atomic E-state index is 0.0318. The smallest absolute Gasteiger partial charge is 0.176 e. The van der Waals surface area contributed by atoms with E-state index in [-0.39, 0.29) is 12.3 Å². The Morgan fingerprint density at radius 2 is 1.79 bits per heavy atom. The van der Waals surface area contributed by atoms with Crippen molar-refractivity contribution in [3.05, 3.63) is 35.4 Å². The number of hydrogen-bond acceptors (Lipinski definition) is 4. The van der Waals surface area contributed by atoms with Crippen LogP contribution in [0.1, 0.15) is 29.3 Å². The molecule has 104 valence electrons. The third-order valence-electron chi connectivity index (χ3n) is 3.52. The van der Waals surface area contributed by atoms with Crippen molar-refractivity contribution in [3.8, 4) is 0 Å². The number of carbonyl (C=O) groups is 1. The number of rotatable bonds is 5. The zero-order valence-electron chi connectivity index (χ0n) is 11.2. The van der Waals surface area contributed by atoms with Gasteiger partial charge in [0.1, 0.15) is 0 Å². The zero-order valence-corrected chi connectivity index (χ0v) is 11.2. The highest BCUT2D eigenvalue weighted by atomic mass is 16.3. The lowest BCUT2D eigenvalue weighted by Crippen LogP contribution is -2.28. The first kappa shape index (κ1) is 14.2. The van der Waals surface area contributed by atoms with Crippen molar-refractivity contribution in [2.24, 2.45) is 0 Å². The van der Waals surface area contributed by atoms with Crippen LogP contribution in [0.5, 0.6) is 0 Å². The van der Waals surface area contributed by atoms with Crippen LogP contribution in [0, 0.1) is 0 Å². The molecule has 0 spiro atoms. The van der Waals surface area contributed by atoms with E-state index in [1.165, 1.54) is 5.56 Å². The van der Waals surface area contributed by atoms with Gasteiger partial charge in [0.2, 0.25) is 0 Å². The van der Waals surface area contributed by atoms with E-state index in [0.717, 1.165) is 12.8 Å². The Labute approximate surface area is 113 Å². The number of benzene rings is 1. The first-order chi connectivity index (χ1) is 9.10. The number of carbonyl (C=O) groups excluding carboxylic acids is 1. The molecule has 1 fully saturated rings. The molecule has 0 amide bonds. The summed E-state index contributed by atoms with van der Waals surface area (Å²) in [5, 5.41) is 18.9. The summed E-state index contributed by atoms with van der Waals surface area (Å²) >= 11 is 0. The molecule has 2 rings (SSSR count). The van der Waals surface area contributed by atoms with Gasteiger partial charge in [-0.15, -0.1) is 0 Å². The van der Waals surface area contributed by atoms with Gasteiger partial charge in [0.15, 0.2) is 5.78 Å². The minimum atomic E-state index is -0.736. The van der Waals surface area contributed by atoms with Crippen LogP contribution >= 0.6 is 0 Å². The molecule has 1 aromatic carbocycles. The molecule has 1 aromatic rings. The summed E-state index contributed by atoms with van der Waals surface area (Å²) in [5.74, 6) is 0.0318. The molecule has 2 unspecified atom stereocenters. The normalized spacial score (nSPS) is 23.7. The molecule has 0 aliphatic carbocycles. The van der Waals surface area contributed by atoms with E-state index >= 15 is 0 Å². The van der Waals surface area contributed by atoms with E-state index in [1.807, 2.05) is 24.3 Å². The third kappa shape index (κ3) is 3.62. The fourth-order valence-corrected chi connectivity index (χ4v) is 2.42. The standard InChI is InChI=1S/C15H21NO3/c1-2-3-11-4-6-12(7-5-11)13(17)8-16-9-14(18)15(19)10-16/h4-7,14-15,18-19H,2-3,8-10H2,1H3. The van der Waals surface area contributed by atoms with E-state index < -0.39 is 12.2 Å². The Bertz CT molecular complexity index is 420. The fourth-order valence-electron chi connectivity index (χ4n) is 2.42. The lowest BCUT2D eigenvalue weighted by atomic mass is 10.1. The molecule has 1 aliphatic heterocycles. The van der Waals surface area contributed by atoms with E-state index in [9.17, 15) is 15.0 Å². The largest absolute Gasteiger partial charge is 0.389 e. The molecule has 0 bridgehead atoms. The van der Waals surface area contributed by atoms with Gasteiger partial charge in [-0.2, -0.15) is 0 Å². The molecule has 19 heavy (non-hydrogen) atoms. The predicted molar refractivity (Wildman–Crippen MR) is 73.2 cm³/mol. The van der Waals surface area contributed by atoms with Gasteiger partial charge in [-0.05, 0) is 12.0 Å². The summed E-state index contributed by atoms with van der Waals surface area (Å²) in [6.45, 7) is 3.10. The highest BCUT2D eigenvalue weighted by molar-refractivity contribution is 5.97. The van der Waals surface area contributed by atoms with Gasteiger partial charge in [-0.3, -0.25) is 9.69 Å². The number of ketones is 1. The molecule has 0 radical (unpaired) electrons. The van der Waals surface area contributed by atoms with Gasteiger partial charge < -0.3 is 10.2 Å². The first-order valence-electron chi connectivity index (χ1n) is 6.80. The Hall–Kier alpha value is -1.23. The Morgan fingerprint density at radius 3 is 2.32 bits per heavy atom. The van der Waals surface area contributed by atoms with Gasteiger partial charge in [0.25, 0.3) is 0 Å². The maximum atomic E-state index is 12.1. The number of likely N-dealkylation sites (tertiary alicyclic amines) is 1. The topological polar surface area (TPSA) is 60.8 Å². The summed E-state index contributed by atoms with van der Waals surface area (Å²) in [6, 6.07) is 7.70. The molecular weight excluding hydrogens is 242 g/mol. The van der Waals surface area contributed by atoms with Crippen LogP contribution in [0.25, 0.3) is 0 Å². The molecule has 4 nitrogen and oxygen atoms in total. The number of aliphatic hydroxyl groups excluding tert-OH is 2. The lowest BCUT2D eigenvalue weighted by Gasteiger charge is -2.13. The number of aliphatic hydroxyl groups is 2. The van der Waals surface area contributed by atoms with Gasteiger partial charge in [-0.25, -0.2) is 0 Å². The predicted octanol–water partition coefficient (Wildman–Crippen LogP) is 0.859. The highest BCUT2D eigenvalue weighted by Gasteiger charge is 2.30. The second kappa shape index (κ2) is 6.28. The number of aryl methyl sites for hydroxylation is 1. The van der Waals surface area contributed by atoms with Crippen LogP contribution in [-0.4, -0.2) is 52.7 Å². The second-order valence-corrected chi connectivity index (χ2v) is 5.20. The summed E-state index contributed by atoms with van der Waals surface area (Å²) in [6.07, 6.45) is 0.648. The maximum Gasteiger partial charge on any atom is 0.176 e. The quantitative estimate of drug-likeness (QED) is 0.774. The Balaban J connectivity index is 1.93. The van der Waals surface area contributed by atoms with Crippen LogP contribution in [-0.2, 0) is 6.42 Å². The molecular formula is C15H21NO3. The van der Waals surface area contributed by atoms with Gasteiger partial charge in [-0.1, -0.05) is 37.6 Å².